The normalized spacial score (nSPS) is 31.8. The maximum atomic E-state index is 11.1. The molecule has 2 fully saturated rings. The summed E-state index contributed by atoms with van der Waals surface area (Å²) >= 11 is 0. The fraction of sp³-hybridized carbons (Fsp3) is 0.923. The molecule has 0 aromatic carbocycles. The second-order valence-electron chi connectivity index (χ2n) is 5.45. The van der Waals surface area contributed by atoms with E-state index >= 15 is 0 Å². The number of piperidine rings is 1. The lowest BCUT2D eigenvalue weighted by Gasteiger charge is -2.34. The summed E-state index contributed by atoms with van der Waals surface area (Å²) in [7, 11) is 2.20. The van der Waals surface area contributed by atoms with Crippen LogP contribution in [0.1, 0.15) is 38.5 Å². The first-order valence-corrected chi connectivity index (χ1v) is 6.85. The molecule has 1 N–H and O–H groups in total. The lowest BCUT2D eigenvalue weighted by atomic mass is 10.00. The van der Waals surface area contributed by atoms with Crippen molar-refractivity contribution >= 4 is 5.97 Å². The Labute approximate surface area is 104 Å². The maximum absolute atomic E-state index is 11.1. The predicted molar refractivity (Wildman–Crippen MR) is 67.1 cm³/mol. The summed E-state index contributed by atoms with van der Waals surface area (Å²) in [6, 6.07) is 0.447. The van der Waals surface area contributed by atoms with E-state index in [9.17, 15) is 4.79 Å². The van der Waals surface area contributed by atoms with Crippen molar-refractivity contribution in [2.45, 2.75) is 50.6 Å². The SMILES string of the molecule is CN1CCCCC1CCN1CCCC1C(=O)O. The van der Waals surface area contributed by atoms with Gasteiger partial charge in [0.25, 0.3) is 0 Å². The number of carboxylic acid groups (broad SMARTS) is 1. The van der Waals surface area contributed by atoms with Crippen molar-refractivity contribution in [3.8, 4) is 0 Å². The van der Waals surface area contributed by atoms with Crippen LogP contribution >= 0.6 is 0 Å². The average Bonchev–Trinajstić information content (AvgIpc) is 2.76. The van der Waals surface area contributed by atoms with Crippen LogP contribution in [-0.2, 0) is 4.79 Å². The first kappa shape index (κ1) is 12.8. The van der Waals surface area contributed by atoms with Crippen molar-refractivity contribution in [1.82, 2.24) is 9.80 Å². The number of nitrogens with zero attached hydrogens (tertiary/aromatic N) is 2. The zero-order valence-electron chi connectivity index (χ0n) is 10.8. The number of hydrogen-bond acceptors (Lipinski definition) is 3. The summed E-state index contributed by atoms with van der Waals surface area (Å²) < 4.78 is 0. The highest BCUT2D eigenvalue weighted by atomic mass is 16.4. The molecule has 0 bridgehead atoms. The molecule has 0 aromatic rings. The van der Waals surface area contributed by atoms with Gasteiger partial charge in [0.2, 0.25) is 0 Å². The van der Waals surface area contributed by atoms with Crippen LogP contribution in [0.3, 0.4) is 0 Å². The van der Waals surface area contributed by atoms with Gasteiger partial charge in [-0.1, -0.05) is 6.42 Å². The van der Waals surface area contributed by atoms with Crippen LogP contribution in [0.4, 0.5) is 0 Å². The fourth-order valence-electron chi connectivity index (χ4n) is 3.20. The van der Waals surface area contributed by atoms with Gasteiger partial charge < -0.3 is 10.0 Å². The average molecular weight is 240 g/mol. The van der Waals surface area contributed by atoms with Gasteiger partial charge in [-0.15, -0.1) is 0 Å². The Morgan fingerprint density at radius 3 is 2.76 bits per heavy atom. The highest BCUT2D eigenvalue weighted by Gasteiger charge is 2.31. The molecule has 0 spiro atoms. The van der Waals surface area contributed by atoms with Crippen LogP contribution in [0.25, 0.3) is 0 Å². The maximum Gasteiger partial charge on any atom is 0.320 e. The molecule has 0 radical (unpaired) electrons. The van der Waals surface area contributed by atoms with E-state index in [0.717, 1.165) is 32.4 Å². The topological polar surface area (TPSA) is 43.8 Å². The molecule has 2 aliphatic rings. The molecule has 4 nitrogen and oxygen atoms in total. The van der Waals surface area contributed by atoms with Crippen LogP contribution in [0.5, 0.6) is 0 Å². The van der Waals surface area contributed by atoms with Crippen molar-refractivity contribution in [2.75, 3.05) is 26.7 Å². The Bertz CT molecular complexity index is 270. The second-order valence-corrected chi connectivity index (χ2v) is 5.45. The highest BCUT2D eigenvalue weighted by Crippen LogP contribution is 2.22. The summed E-state index contributed by atoms with van der Waals surface area (Å²) in [4.78, 5) is 15.7. The van der Waals surface area contributed by atoms with Gasteiger partial charge in [0, 0.05) is 12.6 Å². The van der Waals surface area contributed by atoms with E-state index in [-0.39, 0.29) is 6.04 Å². The molecular formula is C13H24N2O2. The van der Waals surface area contributed by atoms with E-state index in [1.54, 1.807) is 0 Å². The zero-order chi connectivity index (χ0) is 12.3. The van der Waals surface area contributed by atoms with E-state index in [1.807, 2.05) is 0 Å². The quantitative estimate of drug-likeness (QED) is 0.807. The van der Waals surface area contributed by atoms with Crippen LogP contribution in [0.2, 0.25) is 0 Å². The number of carboxylic acids is 1. The molecule has 2 unspecified atom stereocenters. The first-order valence-electron chi connectivity index (χ1n) is 6.85. The van der Waals surface area contributed by atoms with Crippen molar-refractivity contribution in [3.05, 3.63) is 0 Å². The van der Waals surface area contributed by atoms with Gasteiger partial charge in [-0.2, -0.15) is 0 Å². The van der Waals surface area contributed by atoms with Crippen molar-refractivity contribution in [3.63, 3.8) is 0 Å². The highest BCUT2D eigenvalue weighted by molar-refractivity contribution is 5.73. The molecule has 0 aliphatic carbocycles. The third-order valence-electron chi connectivity index (χ3n) is 4.32. The molecule has 0 aromatic heterocycles. The lowest BCUT2D eigenvalue weighted by molar-refractivity contribution is -0.142. The van der Waals surface area contributed by atoms with Crippen molar-refractivity contribution in [1.29, 1.82) is 0 Å². The fourth-order valence-corrected chi connectivity index (χ4v) is 3.20. The van der Waals surface area contributed by atoms with Gasteiger partial charge in [0.15, 0.2) is 0 Å². The first-order chi connectivity index (χ1) is 8.18. The van der Waals surface area contributed by atoms with Gasteiger partial charge >= 0.3 is 5.97 Å². The van der Waals surface area contributed by atoms with Gasteiger partial charge in [-0.05, 0) is 52.2 Å². The third-order valence-corrected chi connectivity index (χ3v) is 4.32. The summed E-state index contributed by atoms with van der Waals surface area (Å²) in [5, 5.41) is 9.12. The number of hydrogen-bond donors (Lipinski definition) is 1. The molecule has 98 valence electrons. The minimum Gasteiger partial charge on any atom is -0.480 e. The van der Waals surface area contributed by atoms with E-state index < -0.39 is 5.97 Å². The minimum atomic E-state index is -0.639. The monoisotopic (exact) mass is 240 g/mol. The molecule has 2 aliphatic heterocycles. The molecule has 17 heavy (non-hydrogen) atoms. The predicted octanol–water partition coefficient (Wildman–Crippen LogP) is 1.41. The Morgan fingerprint density at radius 2 is 2.06 bits per heavy atom. The molecule has 2 rings (SSSR count). The van der Waals surface area contributed by atoms with Gasteiger partial charge in [0.1, 0.15) is 6.04 Å². The third kappa shape index (κ3) is 3.19. The van der Waals surface area contributed by atoms with Crippen LogP contribution < -0.4 is 0 Å². The number of aliphatic carboxylic acids is 1. The molecule has 2 heterocycles. The Morgan fingerprint density at radius 1 is 1.24 bits per heavy atom. The van der Waals surface area contributed by atoms with E-state index in [4.69, 9.17) is 5.11 Å². The Hall–Kier alpha value is -0.610. The Balaban J connectivity index is 1.78. The van der Waals surface area contributed by atoms with Gasteiger partial charge in [-0.3, -0.25) is 9.69 Å². The summed E-state index contributed by atoms with van der Waals surface area (Å²) in [5.74, 6) is -0.639. The van der Waals surface area contributed by atoms with E-state index in [2.05, 4.69) is 16.8 Å². The number of carbonyl (C=O) groups is 1. The van der Waals surface area contributed by atoms with E-state index in [0.29, 0.717) is 6.04 Å². The zero-order valence-corrected chi connectivity index (χ0v) is 10.8. The number of rotatable bonds is 4. The van der Waals surface area contributed by atoms with E-state index in [1.165, 1.54) is 25.8 Å². The van der Waals surface area contributed by atoms with Crippen molar-refractivity contribution in [2.24, 2.45) is 0 Å². The summed E-state index contributed by atoms with van der Waals surface area (Å²) in [6.07, 6.45) is 6.92. The largest absolute Gasteiger partial charge is 0.480 e. The van der Waals surface area contributed by atoms with Crippen LogP contribution in [-0.4, -0.2) is 59.6 Å². The number of likely N-dealkylation sites (tertiary alicyclic amines) is 2. The Kier molecular flexibility index (Phi) is 4.40. The summed E-state index contributed by atoms with van der Waals surface area (Å²) in [5.41, 5.74) is 0. The van der Waals surface area contributed by atoms with Gasteiger partial charge in [-0.25, -0.2) is 0 Å². The second kappa shape index (κ2) is 5.83. The standard InChI is InChI=1S/C13H24N2O2/c1-14-8-3-2-5-11(14)7-10-15-9-4-6-12(15)13(16)17/h11-12H,2-10H2,1H3,(H,16,17). The molecule has 0 saturated carbocycles. The van der Waals surface area contributed by atoms with Crippen molar-refractivity contribution < 1.29 is 9.90 Å². The molecule has 4 heteroatoms. The van der Waals surface area contributed by atoms with Crippen LogP contribution in [0, 0.1) is 0 Å². The summed E-state index contributed by atoms with van der Waals surface area (Å²) in [6.45, 7) is 3.12. The van der Waals surface area contributed by atoms with Gasteiger partial charge in [0.05, 0.1) is 0 Å². The minimum absolute atomic E-state index is 0.219. The molecule has 0 amide bonds. The molecule has 2 atom stereocenters. The van der Waals surface area contributed by atoms with Crippen LogP contribution in [0.15, 0.2) is 0 Å². The molecule has 2 saturated heterocycles. The smallest absolute Gasteiger partial charge is 0.320 e. The molecular weight excluding hydrogens is 216 g/mol. The lowest BCUT2D eigenvalue weighted by Crippen LogP contribution is -2.41.